The van der Waals surface area contributed by atoms with E-state index < -0.39 is 0 Å². The van der Waals surface area contributed by atoms with Gasteiger partial charge in [0, 0.05) is 34.7 Å². The van der Waals surface area contributed by atoms with E-state index in [2.05, 4.69) is 43.9 Å². The van der Waals surface area contributed by atoms with Gasteiger partial charge in [-0.3, -0.25) is 14.8 Å². The number of carbonyl (C=O) groups excluding carboxylic acids is 1. The van der Waals surface area contributed by atoms with Crippen LogP contribution in [0.2, 0.25) is 0 Å². The lowest BCUT2D eigenvalue weighted by molar-refractivity contribution is 0.103. The molecule has 0 saturated heterocycles. The van der Waals surface area contributed by atoms with Crippen molar-refractivity contribution in [2.75, 3.05) is 13.1 Å². The van der Waals surface area contributed by atoms with E-state index in [1.807, 2.05) is 54.6 Å². The predicted molar refractivity (Wildman–Crippen MR) is 138 cm³/mol. The third-order valence-corrected chi connectivity index (χ3v) is 6.73. The smallest absolute Gasteiger partial charge is 0.193 e. The molecule has 0 N–H and O–H groups in total. The van der Waals surface area contributed by atoms with Crippen molar-refractivity contribution < 1.29 is 4.79 Å². The molecule has 0 aromatic heterocycles. The van der Waals surface area contributed by atoms with Gasteiger partial charge in [-0.05, 0) is 50.5 Å². The first-order valence-corrected chi connectivity index (χ1v) is 12.1. The monoisotopic (exact) mass is 453 g/mol. The highest BCUT2D eigenvalue weighted by molar-refractivity contribution is 8.14. The van der Waals surface area contributed by atoms with Crippen LogP contribution in [-0.4, -0.2) is 40.3 Å². The molecular formula is C28H27N3OS. The Balaban J connectivity index is 1.47. The summed E-state index contributed by atoms with van der Waals surface area (Å²) in [6.07, 6.45) is 1.04. The van der Waals surface area contributed by atoms with Gasteiger partial charge in [-0.15, -0.1) is 0 Å². The van der Waals surface area contributed by atoms with Crippen LogP contribution in [0.4, 0.5) is 0 Å². The van der Waals surface area contributed by atoms with Gasteiger partial charge >= 0.3 is 0 Å². The van der Waals surface area contributed by atoms with Gasteiger partial charge in [-0.1, -0.05) is 72.4 Å². The quantitative estimate of drug-likeness (QED) is 0.437. The van der Waals surface area contributed by atoms with Crippen molar-refractivity contribution in [1.29, 1.82) is 0 Å². The zero-order valence-corrected chi connectivity index (χ0v) is 20.0. The summed E-state index contributed by atoms with van der Waals surface area (Å²) in [5.74, 6) is 1.07. The van der Waals surface area contributed by atoms with Gasteiger partial charge in [0.1, 0.15) is 5.84 Å². The number of benzene rings is 3. The molecule has 2 aliphatic heterocycles. The summed E-state index contributed by atoms with van der Waals surface area (Å²) >= 11 is 1.73. The Morgan fingerprint density at radius 1 is 0.939 bits per heavy atom. The van der Waals surface area contributed by atoms with Gasteiger partial charge in [-0.25, -0.2) is 0 Å². The zero-order valence-electron chi connectivity index (χ0n) is 19.2. The van der Waals surface area contributed by atoms with Crippen LogP contribution in [0.5, 0.6) is 0 Å². The van der Waals surface area contributed by atoms with Crippen molar-refractivity contribution in [3.05, 3.63) is 89.5 Å². The fourth-order valence-corrected chi connectivity index (χ4v) is 5.29. The molecular weight excluding hydrogens is 426 g/mol. The standard InChI is InChI=1S/C28H27N3OS/c1-28(2,3)30-27-31-17-7-16-29-26(31)23-18-22(14-15-24(23)33-27)19-10-12-21(13-11-19)25(32)20-8-5-4-6-9-20/h4-6,8-15,18H,7,16-17H2,1-3H3. The predicted octanol–water partition coefficient (Wildman–Crippen LogP) is 6.30. The third-order valence-electron chi connectivity index (χ3n) is 5.66. The van der Waals surface area contributed by atoms with Crippen molar-refractivity contribution in [1.82, 2.24) is 4.90 Å². The number of aliphatic imine (C=N–C) groups is 2. The summed E-state index contributed by atoms with van der Waals surface area (Å²) in [6.45, 7) is 8.18. The van der Waals surface area contributed by atoms with Gasteiger partial charge < -0.3 is 4.90 Å². The lowest BCUT2D eigenvalue weighted by Crippen LogP contribution is -2.43. The Hall–Kier alpha value is -3.18. The Labute approximate surface area is 199 Å². The first-order valence-electron chi connectivity index (χ1n) is 11.3. The maximum atomic E-state index is 12.7. The van der Waals surface area contributed by atoms with Gasteiger partial charge in [0.05, 0.1) is 5.54 Å². The van der Waals surface area contributed by atoms with E-state index in [0.29, 0.717) is 11.1 Å². The topological polar surface area (TPSA) is 45.0 Å². The lowest BCUT2D eigenvalue weighted by atomic mass is 9.98. The molecule has 2 heterocycles. The molecule has 33 heavy (non-hydrogen) atoms. The summed E-state index contributed by atoms with van der Waals surface area (Å²) < 4.78 is 0. The normalized spacial score (nSPS) is 16.8. The minimum Gasteiger partial charge on any atom is -0.305 e. The molecule has 3 aromatic carbocycles. The largest absolute Gasteiger partial charge is 0.305 e. The van der Waals surface area contributed by atoms with Crippen LogP contribution >= 0.6 is 11.8 Å². The van der Waals surface area contributed by atoms with Gasteiger partial charge in [-0.2, -0.15) is 0 Å². The molecule has 4 nitrogen and oxygen atoms in total. The van der Waals surface area contributed by atoms with Crippen LogP contribution in [0.3, 0.4) is 0 Å². The Morgan fingerprint density at radius 3 is 2.36 bits per heavy atom. The number of nitrogens with zero attached hydrogens (tertiary/aromatic N) is 3. The van der Waals surface area contributed by atoms with Crippen molar-refractivity contribution in [3.8, 4) is 11.1 Å². The van der Waals surface area contributed by atoms with Gasteiger partial charge in [0.2, 0.25) is 0 Å². The number of hydrogen-bond donors (Lipinski definition) is 0. The van der Waals surface area contributed by atoms with Crippen LogP contribution in [0, 0.1) is 0 Å². The summed E-state index contributed by atoms with van der Waals surface area (Å²) in [6, 6.07) is 23.8. The van der Waals surface area contributed by atoms with E-state index in [1.165, 1.54) is 4.90 Å². The molecule has 0 fully saturated rings. The summed E-state index contributed by atoms with van der Waals surface area (Å²) in [5, 5.41) is 1.03. The summed E-state index contributed by atoms with van der Waals surface area (Å²) in [7, 11) is 0. The van der Waals surface area contributed by atoms with Crippen molar-refractivity contribution in [2.45, 2.75) is 37.6 Å². The van der Waals surface area contributed by atoms with Crippen LogP contribution in [0.25, 0.3) is 11.1 Å². The number of rotatable bonds is 3. The highest BCUT2D eigenvalue weighted by Gasteiger charge is 2.31. The average Bonchev–Trinajstić information content (AvgIpc) is 2.83. The minimum atomic E-state index is -0.138. The Morgan fingerprint density at radius 2 is 1.64 bits per heavy atom. The van der Waals surface area contributed by atoms with Crippen LogP contribution in [0.1, 0.15) is 48.7 Å². The maximum absolute atomic E-state index is 12.7. The van der Waals surface area contributed by atoms with Crippen molar-refractivity contribution in [3.63, 3.8) is 0 Å². The number of ketones is 1. The number of amidine groups is 2. The molecule has 0 unspecified atom stereocenters. The van der Waals surface area contributed by atoms with E-state index in [4.69, 9.17) is 9.98 Å². The SMILES string of the molecule is CC(C)(C)N=C1Sc2ccc(-c3ccc(C(=O)c4ccccc4)cc3)cc2C2=NCCCN12. The van der Waals surface area contributed by atoms with Crippen LogP contribution < -0.4 is 0 Å². The minimum absolute atomic E-state index is 0.0434. The molecule has 0 amide bonds. The molecule has 0 atom stereocenters. The van der Waals surface area contributed by atoms with Crippen LogP contribution in [0.15, 0.2) is 87.7 Å². The van der Waals surface area contributed by atoms with Crippen molar-refractivity contribution >= 4 is 28.5 Å². The molecule has 3 aromatic rings. The zero-order chi connectivity index (χ0) is 23.0. The Kier molecular flexibility index (Phi) is 5.67. The van der Waals surface area contributed by atoms with Gasteiger partial charge in [0.15, 0.2) is 11.0 Å². The molecule has 0 radical (unpaired) electrons. The number of hydrogen-bond acceptors (Lipinski definition) is 4. The number of fused-ring (bicyclic) bond motifs is 3. The van der Waals surface area contributed by atoms with Gasteiger partial charge in [0.25, 0.3) is 0 Å². The molecule has 166 valence electrons. The molecule has 0 spiro atoms. The Bertz CT molecular complexity index is 1250. The van der Waals surface area contributed by atoms with E-state index in [1.54, 1.807) is 11.8 Å². The number of carbonyl (C=O) groups is 1. The summed E-state index contributed by atoms with van der Waals surface area (Å²) in [4.78, 5) is 26.1. The first-order chi connectivity index (χ1) is 15.9. The lowest BCUT2D eigenvalue weighted by Gasteiger charge is -2.36. The van der Waals surface area contributed by atoms with E-state index in [9.17, 15) is 4.79 Å². The third kappa shape index (κ3) is 4.51. The van der Waals surface area contributed by atoms with E-state index in [-0.39, 0.29) is 11.3 Å². The average molecular weight is 454 g/mol. The molecule has 5 heteroatoms. The highest BCUT2D eigenvalue weighted by atomic mass is 32.2. The molecule has 0 aliphatic carbocycles. The second-order valence-electron chi connectivity index (χ2n) is 9.36. The molecule has 2 aliphatic rings. The molecule has 0 saturated carbocycles. The highest BCUT2D eigenvalue weighted by Crippen LogP contribution is 2.37. The maximum Gasteiger partial charge on any atom is 0.193 e. The molecule has 0 bridgehead atoms. The van der Waals surface area contributed by atoms with E-state index >= 15 is 0 Å². The second kappa shape index (κ2) is 8.64. The fourth-order valence-electron chi connectivity index (χ4n) is 4.09. The second-order valence-corrected chi connectivity index (χ2v) is 10.4. The molecule has 5 rings (SSSR count). The van der Waals surface area contributed by atoms with E-state index in [0.717, 1.165) is 47.2 Å². The van der Waals surface area contributed by atoms with Crippen LogP contribution in [-0.2, 0) is 0 Å². The summed E-state index contributed by atoms with van der Waals surface area (Å²) in [5.41, 5.74) is 4.64. The van der Waals surface area contributed by atoms with Crippen molar-refractivity contribution in [2.24, 2.45) is 9.98 Å². The first kappa shape index (κ1) is 21.7. The fraction of sp³-hybridized carbons (Fsp3) is 0.250. The number of thioether (sulfide) groups is 1.